The summed E-state index contributed by atoms with van der Waals surface area (Å²) in [5.74, 6) is -0.829. The van der Waals surface area contributed by atoms with E-state index in [9.17, 15) is 9.59 Å². The third-order valence-corrected chi connectivity index (χ3v) is 3.77. The van der Waals surface area contributed by atoms with E-state index in [1.807, 2.05) is 18.2 Å². The summed E-state index contributed by atoms with van der Waals surface area (Å²) in [6.45, 7) is 2.04. The second-order valence-electron chi connectivity index (χ2n) is 4.74. The molecule has 6 nitrogen and oxygen atoms in total. The molecule has 116 valence electrons. The van der Waals surface area contributed by atoms with Crippen molar-refractivity contribution in [2.75, 3.05) is 20.7 Å². The third kappa shape index (κ3) is 5.26. The van der Waals surface area contributed by atoms with Gasteiger partial charge in [-0.15, -0.1) is 0 Å². The zero-order valence-corrected chi connectivity index (χ0v) is 13.8. The van der Waals surface area contributed by atoms with Gasteiger partial charge in [-0.2, -0.15) is 0 Å². The molecule has 0 aliphatic heterocycles. The molecule has 21 heavy (non-hydrogen) atoms. The Morgan fingerprint density at radius 2 is 2.14 bits per heavy atom. The van der Waals surface area contributed by atoms with Crippen molar-refractivity contribution in [1.29, 1.82) is 0 Å². The Labute approximate surface area is 132 Å². The van der Waals surface area contributed by atoms with Gasteiger partial charge in [-0.3, -0.25) is 4.79 Å². The standard InChI is InChI=1S/C14H19BrN2O4/c1-9(13(18)19)8-17(2)14(20)16-7-10-6-11(21-3)4-5-12(10)15/h4-6,9H,7-8H2,1-3H3,(H,16,20)(H,18,19). The highest BCUT2D eigenvalue weighted by Gasteiger charge is 2.17. The summed E-state index contributed by atoms with van der Waals surface area (Å²) >= 11 is 3.41. The van der Waals surface area contributed by atoms with E-state index < -0.39 is 11.9 Å². The van der Waals surface area contributed by atoms with Gasteiger partial charge in [0.1, 0.15) is 5.75 Å². The number of ether oxygens (including phenoxy) is 1. The van der Waals surface area contributed by atoms with Crippen LogP contribution < -0.4 is 10.1 Å². The van der Waals surface area contributed by atoms with Crippen LogP contribution in [0.3, 0.4) is 0 Å². The number of methoxy groups -OCH3 is 1. The normalized spacial score (nSPS) is 11.6. The number of nitrogens with zero attached hydrogens (tertiary/aromatic N) is 1. The molecule has 0 aliphatic rings. The summed E-state index contributed by atoms with van der Waals surface area (Å²) in [5.41, 5.74) is 0.877. The van der Waals surface area contributed by atoms with Crippen LogP contribution in [0.5, 0.6) is 5.75 Å². The number of hydrogen-bond acceptors (Lipinski definition) is 3. The van der Waals surface area contributed by atoms with E-state index in [1.54, 1.807) is 21.1 Å². The molecule has 0 aliphatic carbocycles. The quantitative estimate of drug-likeness (QED) is 0.817. The summed E-state index contributed by atoms with van der Waals surface area (Å²) in [7, 11) is 3.14. The van der Waals surface area contributed by atoms with Gasteiger partial charge in [0.05, 0.1) is 13.0 Å². The van der Waals surface area contributed by atoms with Crippen molar-refractivity contribution in [3.63, 3.8) is 0 Å². The van der Waals surface area contributed by atoms with Crippen LogP contribution in [-0.4, -0.2) is 42.7 Å². The molecule has 0 aromatic heterocycles. The average molecular weight is 359 g/mol. The van der Waals surface area contributed by atoms with Crippen LogP contribution in [0.4, 0.5) is 4.79 Å². The topological polar surface area (TPSA) is 78.9 Å². The lowest BCUT2D eigenvalue weighted by Crippen LogP contribution is -2.40. The Kier molecular flexibility index (Phi) is 6.48. The Bertz CT molecular complexity index is 522. The first kappa shape index (κ1) is 17.3. The number of carbonyl (C=O) groups excluding carboxylic acids is 1. The van der Waals surface area contributed by atoms with Crippen LogP contribution >= 0.6 is 15.9 Å². The zero-order chi connectivity index (χ0) is 16.0. The lowest BCUT2D eigenvalue weighted by atomic mass is 10.2. The highest BCUT2D eigenvalue weighted by molar-refractivity contribution is 9.10. The molecular formula is C14H19BrN2O4. The number of carbonyl (C=O) groups is 2. The molecule has 1 aromatic rings. The fraction of sp³-hybridized carbons (Fsp3) is 0.429. The first-order chi connectivity index (χ1) is 9.85. The van der Waals surface area contributed by atoms with Crippen LogP contribution in [-0.2, 0) is 11.3 Å². The molecule has 0 bridgehead atoms. The van der Waals surface area contributed by atoms with Crippen LogP contribution in [0.15, 0.2) is 22.7 Å². The number of rotatable bonds is 6. The Morgan fingerprint density at radius 1 is 1.48 bits per heavy atom. The largest absolute Gasteiger partial charge is 0.497 e. The summed E-state index contributed by atoms with van der Waals surface area (Å²) in [6, 6.07) is 5.16. The molecule has 1 aromatic carbocycles. The number of benzene rings is 1. The van der Waals surface area contributed by atoms with Gasteiger partial charge in [0, 0.05) is 24.6 Å². The number of aliphatic carboxylic acids is 1. The maximum Gasteiger partial charge on any atom is 0.317 e. The van der Waals surface area contributed by atoms with Gasteiger partial charge >= 0.3 is 12.0 Å². The molecule has 2 N–H and O–H groups in total. The Morgan fingerprint density at radius 3 is 2.71 bits per heavy atom. The van der Waals surface area contributed by atoms with Gasteiger partial charge < -0.3 is 20.1 Å². The number of nitrogens with one attached hydrogen (secondary N) is 1. The SMILES string of the molecule is COc1ccc(Br)c(CNC(=O)N(C)CC(C)C(=O)O)c1. The predicted octanol–water partition coefficient (Wildman–Crippen LogP) is 2.32. The van der Waals surface area contributed by atoms with Crippen molar-refractivity contribution in [3.05, 3.63) is 28.2 Å². The number of carboxylic acid groups (broad SMARTS) is 1. The first-order valence-corrected chi connectivity index (χ1v) is 7.18. The van der Waals surface area contributed by atoms with Gasteiger partial charge in [0.2, 0.25) is 0 Å². The summed E-state index contributed by atoms with van der Waals surface area (Å²) in [6.07, 6.45) is 0. The third-order valence-electron chi connectivity index (χ3n) is 3.00. The minimum Gasteiger partial charge on any atom is -0.497 e. The van der Waals surface area contributed by atoms with Gasteiger partial charge in [0.25, 0.3) is 0 Å². The zero-order valence-electron chi connectivity index (χ0n) is 12.2. The second kappa shape index (κ2) is 7.87. The number of carboxylic acids is 1. The van der Waals surface area contributed by atoms with Gasteiger partial charge in [-0.05, 0) is 23.8 Å². The van der Waals surface area contributed by atoms with Gasteiger partial charge in [-0.25, -0.2) is 4.79 Å². The summed E-state index contributed by atoms with van der Waals surface area (Å²) in [5, 5.41) is 11.6. The van der Waals surface area contributed by atoms with E-state index >= 15 is 0 Å². The lowest BCUT2D eigenvalue weighted by Gasteiger charge is -2.20. The van der Waals surface area contributed by atoms with Crippen molar-refractivity contribution in [3.8, 4) is 5.75 Å². The Hall–Kier alpha value is -1.76. The summed E-state index contributed by atoms with van der Waals surface area (Å²) in [4.78, 5) is 24.0. The number of amides is 2. The van der Waals surface area contributed by atoms with Crippen molar-refractivity contribution >= 4 is 27.9 Å². The number of halogens is 1. The second-order valence-corrected chi connectivity index (χ2v) is 5.59. The van der Waals surface area contributed by atoms with E-state index in [0.29, 0.717) is 12.3 Å². The molecule has 0 heterocycles. The maximum absolute atomic E-state index is 11.9. The molecule has 1 atom stereocenters. The molecule has 0 saturated carbocycles. The molecule has 0 spiro atoms. The number of urea groups is 1. The van der Waals surface area contributed by atoms with E-state index in [4.69, 9.17) is 9.84 Å². The van der Waals surface area contributed by atoms with Crippen LogP contribution in [0, 0.1) is 5.92 Å². The van der Waals surface area contributed by atoms with E-state index in [2.05, 4.69) is 21.2 Å². The predicted molar refractivity (Wildman–Crippen MR) is 82.4 cm³/mol. The number of hydrogen-bond donors (Lipinski definition) is 2. The van der Waals surface area contributed by atoms with Crippen molar-refractivity contribution in [1.82, 2.24) is 10.2 Å². The fourth-order valence-electron chi connectivity index (χ4n) is 1.69. The van der Waals surface area contributed by atoms with Crippen LogP contribution in [0.25, 0.3) is 0 Å². The van der Waals surface area contributed by atoms with Gasteiger partial charge in [0.15, 0.2) is 0 Å². The first-order valence-electron chi connectivity index (χ1n) is 6.39. The van der Waals surface area contributed by atoms with E-state index in [1.165, 1.54) is 4.90 Å². The van der Waals surface area contributed by atoms with Crippen molar-refractivity contribution < 1.29 is 19.4 Å². The van der Waals surface area contributed by atoms with Gasteiger partial charge in [-0.1, -0.05) is 22.9 Å². The van der Waals surface area contributed by atoms with E-state index in [-0.39, 0.29) is 12.6 Å². The highest BCUT2D eigenvalue weighted by atomic mass is 79.9. The molecular weight excluding hydrogens is 340 g/mol. The smallest absolute Gasteiger partial charge is 0.317 e. The van der Waals surface area contributed by atoms with E-state index in [0.717, 1.165) is 10.0 Å². The lowest BCUT2D eigenvalue weighted by molar-refractivity contribution is -0.141. The molecule has 2 amide bonds. The molecule has 1 unspecified atom stereocenters. The molecule has 1 rings (SSSR count). The minimum atomic E-state index is -0.926. The van der Waals surface area contributed by atoms with Crippen LogP contribution in [0.2, 0.25) is 0 Å². The molecule has 0 fully saturated rings. The highest BCUT2D eigenvalue weighted by Crippen LogP contribution is 2.22. The maximum atomic E-state index is 11.9. The Balaban J connectivity index is 2.58. The minimum absolute atomic E-state index is 0.153. The van der Waals surface area contributed by atoms with Crippen LogP contribution in [0.1, 0.15) is 12.5 Å². The van der Waals surface area contributed by atoms with Crippen molar-refractivity contribution in [2.45, 2.75) is 13.5 Å². The monoisotopic (exact) mass is 358 g/mol. The fourth-order valence-corrected chi connectivity index (χ4v) is 2.08. The summed E-state index contributed by atoms with van der Waals surface area (Å²) < 4.78 is 6.00. The van der Waals surface area contributed by atoms with Crippen molar-refractivity contribution in [2.24, 2.45) is 5.92 Å². The molecule has 0 radical (unpaired) electrons. The average Bonchev–Trinajstić information content (AvgIpc) is 2.45. The molecule has 0 saturated heterocycles. The molecule has 7 heteroatoms.